The second-order valence-corrected chi connectivity index (χ2v) is 7.36. The summed E-state index contributed by atoms with van der Waals surface area (Å²) in [5.74, 6) is 0.104. The zero-order chi connectivity index (χ0) is 13.1. The van der Waals surface area contributed by atoms with Crippen molar-refractivity contribution in [1.82, 2.24) is 0 Å². The summed E-state index contributed by atoms with van der Waals surface area (Å²) >= 11 is 1.22. The molecular formula is C9H10ClNO4S2. The summed E-state index contributed by atoms with van der Waals surface area (Å²) in [6, 6.07) is 4.78. The largest absolute Gasteiger partial charge is 0.273 e. The topological polar surface area (TPSA) is 77.3 Å². The molecule has 8 heteroatoms. The molecule has 17 heavy (non-hydrogen) atoms. The number of benzene rings is 1. The van der Waals surface area contributed by atoms with Crippen LogP contribution in [0.2, 0.25) is 0 Å². The van der Waals surface area contributed by atoms with E-state index in [1.165, 1.54) is 17.8 Å². The second kappa shape index (κ2) is 5.70. The molecule has 0 aliphatic rings. The molecule has 0 fully saturated rings. The van der Waals surface area contributed by atoms with Crippen LogP contribution in [0.15, 0.2) is 23.1 Å². The molecule has 0 aliphatic heterocycles. The molecule has 0 aliphatic carbocycles. The van der Waals surface area contributed by atoms with Gasteiger partial charge in [0.15, 0.2) is 0 Å². The summed E-state index contributed by atoms with van der Waals surface area (Å²) in [7, 11) is 1.55. The number of aryl methyl sites for hydroxylation is 1. The van der Waals surface area contributed by atoms with E-state index in [1.54, 1.807) is 19.1 Å². The van der Waals surface area contributed by atoms with Gasteiger partial charge in [0.1, 0.15) is 0 Å². The minimum Gasteiger partial charge on any atom is -0.258 e. The van der Waals surface area contributed by atoms with Crippen molar-refractivity contribution in [1.29, 1.82) is 0 Å². The van der Waals surface area contributed by atoms with Crippen LogP contribution in [0.25, 0.3) is 0 Å². The van der Waals surface area contributed by atoms with Crippen LogP contribution >= 0.6 is 22.4 Å². The number of nitro benzene ring substituents is 1. The Kier molecular flexibility index (Phi) is 4.79. The molecule has 0 bridgehead atoms. The lowest BCUT2D eigenvalue weighted by atomic mass is 10.2. The molecule has 0 heterocycles. The number of nitrogens with zero attached hydrogens (tertiary/aromatic N) is 1. The Morgan fingerprint density at radius 1 is 1.47 bits per heavy atom. The van der Waals surface area contributed by atoms with Gasteiger partial charge in [-0.05, 0) is 13.0 Å². The van der Waals surface area contributed by atoms with E-state index in [0.29, 0.717) is 10.5 Å². The number of hydrogen-bond acceptors (Lipinski definition) is 5. The van der Waals surface area contributed by atoms with E-state index in [2.05, 4.69) is 0 Å². The van der Waals surface area contributed by atoms with E-state index >= 15 is 0 Å². The highest BCUT2D eigenvalue weighted by atomic mass is 35.7. The zero-order valence-electron chi connectivity index (χ0n) is 8.92. The first-order valence-electron chi connectivity index (χ1n) is 4.60. The van der Waals surface area contributed by atoms with Gasteiger partial charge in [0.2, 0.25) is 9.05 Å². The number of nitro groups is 1. The van der Waals surface area contributed by atoms with Crippen molar-refractivity contribution >= 4 is 37.2 Å². The maximum atomic E-state index is 10.7. The fraction of sp³-hybridized carbons (Fsp3) is 0.333. The molecule has 0 aromatic heterocycles. The minimum atomic E-state index is -3.51. The van der Waals surface area contributed by atoms with Gasteiger partial charge in [-0.25, -0.2) is 8.42 Å². The van der Waals surface area contributed by atoms with E-state index < -0.39 is 14.0 Å². The summed E-state index contributed by atoms with van der Waals surface area (Å²) in [5.41, 5.74) is 0.605. The second-order valence-electron chi connectivity index (χ2n) is 3.30. The predicted molar refractivity (Wildman–Crippen MR) is 68.2 cm³/mol. The Bertz CT molecular complexity index is 530. The highest BCUT2D eigenvalue weighted by molar-refractivity contribution is 8.14. The smallest absolute Gasteiger partial charge is 0.258 e. The van der Waals surface area contributed by atoms with Crippen LogP contribution in [-0.4, -0.2) is 24.8 Å². The van der Waals surface area contributed by atoms with E-state index in [0.717, 1.165) is 0 Å². The Labute approximate surface area is 108 Å². The number of halogens is 1. The first-order chi connectivity index (χ1) is 7.79. The quantitative estimate of drug-likeness (QED) is 0.361. The van der Waals surface area contributed by atoms with Crippen LogP contribution in [-0.2, 0) is 9.05 Å². The third kappa shape index (κ3) is 4.93. The SMILES string of the molecule is Cc1ccc(SCCS(=O)(=O)Cl)cc1[N+](=O)[O-]. The standard InChI is InChI=1S/C9H10ClNO4S2/c1-7-2-3-8(6-9(7)11(12)13)16-4-5-17(10,14)15/h2-3,6H,4-5H2,1H3. The summed E-state index contributed by atoms with van der Waals surface area (Å²) in [4.78, 5) is 10.9. The Balaban J connectivity index is 2.73. The Hall–Kier alpha value is -0.790. The van der Waals surface area contributed by atoms with E-state index in [9.17, 15) is 18.5 Å². The van der Waals surface area contributed by atoms with Crippen molar-refractivity contribution in [2.24, 2.45) is 0 Å². The van der Waals surface area contributed by atoms with Crippen molar-refractivity contribution in [3.05, 3.63) is 33.9 Å². The maximum Gasteiger partial charge on any atom is 0.273 e. The average Bonchev–Trinajstić information content (AvgIpc) is 2.18. The fourth-order valence-corrected chi connectivity index (χ4v) is 3.43. The molecule has 0 spiro atoms. The normalized spacial score (nSPS) is 11.4. The highest BCUT2D eigenvalue weighted by Crippen LogP contribution is 2.26. The summed E-state index contributed by atoms with van der Waals surface area (Å²) in [6.45, 7) is 1.65. The summed E-state index contributed by atoms with van der Waals surface area (Å²) in [5, 5.41) is 10.7. The Morgan fingerprint density at radius 2 is 2.12 bits per heavy atom. The highest BCUT2D eigenvalue weighted by Gasteiger charge is 2.12. The van der Waals surface area contributed by atoms with Crippen molar-refractivity contribution in [2.75, 3.05) is 11.5 Å². The molecule has 5 nitrogen and oxygen atoms in total. The van der Waals surface area contributed by atoms with Crippen molar-refractivity contribution in [3.63, 3.8) is 0 Å². The van der Waals surface area contributed by atoms with Gasteiger partial charge >= 0.3 is 0 Å². The first-order valence-corrected chi connectivity index (χ1v) is 8.06. The van der Waals surface area contributed by atoms with E-state index in [-0.39, 0.29) is 17.2 Å². The number of hydrogen-bond donors (Lipinski definition) is 0. The Morgan fingerprint density at radius 3 is 2.65 bits per heavy atom. The monoisotopic (exact) mass is 295 g/mol. The van der Waals surface area contributed by atoms with Gasteiger partial charge in [-0.3, -0.25) is 10.1 Å². The molecule has 0 saturated carbocycles. The van der Waals surface area contributed by atoms with Crippen molar-refractivity contribution < 1.29 is 13.3 Å². The molecule has 0 unspecified atom stereocenters. The van der Waals surface area contributed by atoms with Gasteiger partial charge in [0.05, 0.1) is 10.7 Å². The number of rotatable bonds is 5. The van der Waals surface area contributed by atoms with Crippen LogP contribution in [0.1, 0.15) is 5.56 Å². The molecule has 0 atom stereocenters. The minimum absolute atomic E-state index is 0.0312. The lowest BCUT2D eigenvalue weighted by Gasteiger charge is -2.02. The summed E-state index contributed by atoms with van der Waals surface area (Å²) < 4.78 is 21.4. The average molecular weight is 296 g/mol. The van der Waals surface area contributed by atoms with E-state index in [1.807, 2.05) is 0 Å². The van der Waals surface area contributed by atoms with Crippen LogP contribution in [0.3, 0.4) is 0 Å². The van der Waals surface area contributed by atoms with Gasteiger partial charge in [0, 0.05) is 33.0 Å². The molecule has 0 N–H and O–H groups in total. The molecule has 94 valence electrons. The molecule has 1 rings (SSSR count). The molecule has 0 saturated heterocycles. The molecule has 0 radical (unpaired) electrons. The molecule has 1 aromatic carbocycles. The molecular weight excluding hydrogens is 286 g/mol. The lowest BCUT2D eigenvalue weighted by molar-refractivity contribution is -0.385. The van der Waals surface area contributed by atoms with Gasteiger partial charge in [0.25, 0.3) is 5.69 Å². The van der Waals surface area contributed by atoms with Crippen LogP contribution in [0.5, 0.6) is 0 Å². The third-order valence-electron chi connectivity index (χ3n) is 1.97. The first kappa shape index (κ1) is 14.3. The van der Waals surface area contributed by atoms with Crippen LogP contribution in [0.4, 0.5) is 5.69 Å². The van der Waals surface area contributed by atoms with Crippen molar-refractivity contribution in [3.8, 4) is 0 Å². The van der Waals surface area contributed by atoms with Gasteiger partial charge in [-0.1, -0.05) is 6.07 Å². The van der Waals surface area contributed by atoms with Crippen molar-refractivity contribution in [2.45, 2.75) is 11.8 Å². The predicted octanol–water partition coefficient (Wildman–Crippen LogP) is 2.56. The fourth-order valence-electron chi connectivity index (χ4n) is 1.13. The third-order valence-corrected chi connectivity index (χ3v) is 4.38. The van der Waals surface area contributed by atoms with Gasteiger partial charge in [-0.15, -0.1) is 11.8 Å². The van der Waals surface area contributed by atoms with E-state index in [4.69, 9.17) is 10.7 Å². The molecule has 0 amide bonds. The number of thioether (sulfide) groups is 1. The van der Waals surface area contributed by atoms with Gasteiger partial charge < -0.3 is 0 Å². The lowest BCUT2D eigenvalue weighted by Crippen LogP contribution is -1.99. The van der Waals surface area contributed by atoms with Crippen LogP contribution in [0, 0.1) is 17.0 Å². The van der Waals surface area contributed by atoms with Crippen LogP contribution < -0.4 is 0 Å². The summed E-state index contributed by atoms with van der Waals surface area (Å²) in [6.07, 6.45) is 0. The molecule has 1 aromatic rings. The zero-order valence-corrected chi connectivity index (χ0v) is 11.3. The van der Waals surface area contributed by atoms with Gasteiger partial charge in [-0.2, -0.15) is 0 Å². The maximum absolute atomic E-state index is 10.7.